The molecule has 90 valence electrons. The first-order chi connectivity index (χ1) is 8.75. The third kappa shape index (κ3) is 1.66. The molecule has 0 spiro atoms. The van der Waals surface area contributed by atoms with Crippen LogP contribution in [0.4, 0.5) is 5.69 Å². The molecule has 1 aromatic carbocycles. The SMILES string of the molecule is Cc1ccoc1-c1nc(-c2ccccc2N)no1. The van der Waals surface area contributed by atoms with Crippen LogP contribution in [0.5, 0.6) is 0 Å². The Morgan fingerprint density at radius 3 is 2.72 bits per heavy atom. The molecule has 2 heterocycles. The minimum atomic E-state index is 0.357. The highest BCUT2D eigenvalue weighted by Gasteiger charge is 2.16. The summed E-state index contributed by atoms with van der Waals surface area (Å²) in [5.74, 6) is 1.40. The number of benzene rings is 1. The number of nitrogen functional groups attached to an aromatic ring is 1. The number of furan rings is 1. The van der Waals surface area contributed by atoms with Crippen molar-refractivity contribution < 1.29 is 8.94 Å². The molecule has 0 aliphatic heterocycles. The minimum absolute atomic E-state index is 0.357. The lowest BCUT2D eigenvalue weighted by atomic mass is 10.2. The van der Waals surface area contributed by atoms with Gasteiger partial charge in [-0.1, -0.05) is 17.3 Å². The van der Waals surface area contributed by atoms with E-state index in [1.54, 1.807) is 12.3 Å². The van der Waals surface area contributed by atoms with E-state index in [0.29, 0.717) is 23.2 Å². The van der Waals surface area contributed by atoms with Crippen LogP contribution in [0.25, 0.3) is 23.0 Å². The molecule has 0 bridgehead atoms. The fraction of sp³-hybridized carbons (Fsp3) is 0.0769. The molecule has 0 saturated heterocycles. The fourth-order valence-electron chi connectivity index (χ4n) is 1.72. The van der Waals surface area contributed by atoms with Crippen LogP contribution in [0, 0.1) is 6.92 Å². The Bertz CT molecular complexity index is 685. The molecule has 0 fully saturated rings. The van der Waals surface area contributed by atoms with Gasteiger partial charge in [0.2, 0.25) is 5.82 Å². The summed E-state index contributed by atoms with van der Waals surface area (Å²) in [6, 6.07) is 9.22. The number of aromatic nitrogens is 2. The number of para-hydroxylation sites is 1. The van der Waals surface area contributed by atoms with E-state index < -0.39 is 0 Å². The number of nitrogens with zero attached hydrogens (tertiary/aromatic N) is 2. The van der Waals surface area contributed by atoms with E-state index in [1.807, 2.05) is 31.2 Å². The quantitative estimate of drug-likeness (QED) is 0.698. The molecule has 3 rings (SSSR count). The first kappa shape index (κ1) is 10.6. The molecule has 0 amide bonds. The van der Waals surface area contributed by atoms with Crippen molar-refractivity contribution in [2.75, 3.05) is 5.73 Å². The van der Waals surface area contributed by atoms with Gasteiger partial charge in [-0.2, -0.15) is 4.98 Å². The zero-order chi connectivity index (χ0) is 12.5. The second-order valence-corrected chi connectivity index (χ2v) is 3.94. The van der Waals surface area contributed by atoms with Crippen LogP contribution >= 0.6 is 0 Å². The smallest absolute Gasteiger partial charge is 0.294 e. The van der Waals surface area contributed by atoms with E-state index in [-0.39, 0.29) is 0 Å². The van der Waals surface area contributed by atoms with Crippen molar-refractivity contribution in [1.29, 1.82) is 0 Å². The van der Waals surface area contributed by atoms with Gasteiger partial charge in [-0.15, -0.1) is 0 Å². The molecule has 0 atom stereocenters. The maximum absolute atomic E-state index is 5.87. The van der Waals surface area contributed by atoms with E-state index in [4.69, 9.17) is 14.7 Å². The highest BCUT2D eigenvalue weighted by molar-refractivity contribution is 5.71. The predicted octanol–water partition coefficient (Wildman–Crippen LogP) is 2.89. The number of nitrogens with two attached hydrogens (primary N) is 1. The normalized spacial score (nSPS) is 10.7. The van der Waals surface area contributed by atoms with Gasteiger partial charge in [-0.3, -0.25) is 0 Å². The van der Waals surface area contributed by atoms with Gasteiger partial charge in [0.25, 0.3) is 5.89 Å². The van der Waals surface area contributed by atoms with Crippen LogP contribution in [0.2, 0.25) is 0 Å². The molecule has 0 aliphatic rings. The van der Waals surface area contributed by atoms with Crippen LogP contribution in [-0.4, -0.2) is 10.1 Å². The summed E-state index contributed by atoms with van der Waals surface area (Å²) in [7, 11) is 0. The molecule has 0 radical (unpaired) electrons. The van der Waals surface area contributed by atoms with Crippen molar-refractivity contribution in [1.82, 2.24) is 10.1 Å². The van der Waals surface area contributed by atoms with Gasteiger partial charge < -0.3 is 14.7 Å². The van der Waals surface area contributed by atoms with Crippen LogP contribution in [0.1, 0.15) is 5.56 Å². The summed E-state index contributed by atoms with van der Waals surface area (Å²) in [6.45, 7) is 1.92. The van der Waals surface area contributed by atoms with E-state index in [1.165, 1.54) is 0 Å². The summed E-state index contributed by atoms with van der Waals surface area (Å²) in [6.07, 6.45) is 1.59. The lowest BCUT2D eigenvalue weighted by molar-refractivity contribution is 0.416. The lowest BCUT2D eigenvalue weighted by Gasteiger charge is -1.97. The Balaban J connectivity index is 2.05. The van der Waals surface area contributed by atoms with E-state index >= 15 is 0 Å². The zero-order valence-corrected chi connectivity index (χ0v) is 9.75. The Morgan fingerprint density at radius 2 is 2.00 bits per heavy atom. The Hall–Kier alpha value is -2.56. The number of hydrogen-bond acceptors (Lipinski definition) is 5. The molecule has 3 aromatic rings. The molecule has 18 heavy (non-hydrogen) atoms. The summed E-state index contributed by atoms with van der Waals surface area (Å²) < 4.78 is 10.5. The van der Waals surface area contributed by atoms with Crippen molar-refractivity contribution in [2.45, 2.75) is 6.92 Å². The van der Waals surface area contributed by atoms with Gasteiger partial charge in [0.1, 0.15) is 0 Å². The van der Waals surface area contributed by atoms with Crippen LogP contribution in [0.3, 0.4) is 0 Å². The molecule has 0 saturated carbocycles. The molecule has 5 nitrogen and oxygen atoms in total. The minimum Gasteiger partial charge on any atom is -0.459 e. The number of rotatable bonds is 2. The molecular weight excluding hydrogens is 230 g/mol. The number of aryl methyl sites for hydroxylation is 1. The molecular formula is C13H11N3O2. The van der Waals surface area contributed by atoms with Crippen molar-refractivity contribution in [3.8, 4) is 23.0 Å². The summed E-state index contributed by atoms with van der Waals surface area (Å²) in [5, 5.41) is 3.92. The zero-order valence-electron chi connectivity index (χ0n) is 9.75. The van der Waals surface area contributed by atoms with Crippen LogP contribution < -0.4 is 5.73 Å². The van der Waals surface area contributed by atoms with Crippen molar-refractivity contribution >= 4 is 5.69 Å². The van der Waals surface area contributed by atoms with Gasteiger partial charge in [0.05, 0.1) is 6.26 Å². The monoisotopic (exact) mass is 241 g/mol. The Kier molecular flexibility index (Phi) is 2.37. The first-order valence-corrected chi connectivity index (χ1v) is 5.49. The lowest BCUT2D eigenvalue weighted by Crippen LogP contribution is -1.90. The Morgan fingerprint density at radius 1 is 1.17 bits per heavy atom. The highest BCUT2D eigenvalue weighted by Crippen LogP contribution is 2.27. The molecule has 0 aliphatic carbocycles. The van der Waals surface area contributed by atoms with Crippen LogP contribution in [0.15, 0.2) is 45.5 Å². The maximum Gasteiger partial charge on any atom is 0.294 e. The summed E-state index contributed by atoms with van der Waals surface area (Å²) in [4.78, 5) is 4.29. The van der Waals surface area contributed by atoms with E-state index in [0.717, 1.165) is 11.1 Å². The average molecular weight is 241 g/mol. The average Bonchev–Trinajstić information content (AvgIpc) is 2.98. The second-order valence-electron chi connectivity index (χ2n) is 3.94. The maximum atomic E-state index is 5.87. The van der Waals surface area contributed by atoms with Crippen molar-refractivity contribution in [3.05, 3.63) is 42.2 Å². The van der Waals surface area contributed by atoms with Crippen molar-refractivity contribution in [2.24, 2.45) is 0 Å². The number of hydrogen-bond donors (Lipinski definition) is 1. The van der Waals surface area contributed by atoms with E-state index in [9.17, 15) is 0 Å². The standard InChI is InChI=1S/C13H11N3O2/c1-8-6-7-17-11(8)13-15-12(16-18-13)9-4-2-3-5-10(9)14/h2-7H,14H2,1H3. The Labute approximate surface area is 103 Å². The van der Waals surface area contributed by atoms with Gasteiger partial charge in [0.15, 0.2) is 5.76 Å². The molecule has 2 N–H and O–H groups in total. The van der Waals surface area contributed by atoms with E-state index in [2.05, 4.69) is 10.1 Å². The van der Waals surface area contributed by atoms with Gasteiger partial charge >= 0.3 is 0 Å². The van der Waals surface area contributed by atoms with Gasteiger partial charge in [0, 0.05) is 16.8 Å². The first-order valence-electron chi connectivity index (χ1n) is 5.49. The summed E-state index contributed by atoms with van der Waals surface area (Å²) >= 11 is 0. The fourth-order valence-corrected chi connectivity index (χ4v) is 1.72. The number of anilines is 1. The van der Waals surface area contributed by atoms with Gasteiger partial charge in [-0.05, 0) is 25.1 Å². The predicted molar refractivity (Wildman–Crippen MR) is 66.6 cm³/mol. The molecule has 2 aromatic heterocycles. The molecule has 5 heteroatoms. The summed E-state index contributed by atoms with van der Waals surface area (Å²) in [5.41, 5.74) is 8.17. The van der Waals surface area contributed by atoms with Crippen LogP contribution in [-0.2, 0) is 0 Å². The van der Waals surface area contributed by atoms with Crippen molar-refractivity contribution in [3.63, 3.8) is 0 Å². The van der Waals surface area contributed by atoms with Gasteiger partial charge in [-0.25, -0.2) is 0 Å². The topological polar surface area (TPSA) is 78.1 Å². The molecule has 0 unspecified atom stereocenters. The third-order valence-electron chi connectivity index (χ3n) is 2.68. The highest BCUT2D eigenvalue weighted by atomic mass is 16.5. The largest absolute Gasteiger partial charge is 0.459 e. The second kappa shape index (κ2) is 4.03. The third-order valence-corrected chi connectivity index (χ3v) is 2.68.